The highest BCUT2D eigenvalue weighted by atomic mass is 32.2. The summed E-state index contributed by atoms with van der Waals surface area (Å²) in [7, 11) is -4.08. The van der Waals surface area contributed by atoms with E-state index in [-0.39, 0.29) is 22.0 Å². The zero-order valence-electron chi connectivity index (χ0n) is 18.8. The lowest BCUT2D eigenvalue weighted by atomic mass is 10.0. The standard InChI is InChI=1S/C22H22F5N3O2S/c1-9-7-10(2)12(4)22(11(9)3)33(31,32)29-21-13(5)28-30(14(21)6)8-15-16(23)18(25)20(27)19(26)17(15)24/h7,29H,8H2,1-6H3. The number of hydrogen-bond donors (Lipinski definition) is 1. The van der Waals surface area contributed by atoms with Crippen molar-refractivity contribution in [2.75, 3.05) is 4.72 Å². The first kappa shape index (κ1) is 24.7. The summed E-state index contributed by atoms with van der Waals surface area (Å²) in [4.78, 5) is 0.103. The molecule has 0 saturated carbocycles. The van der Waals surface area contributed by atoms with Crippen LogP contribution in [0.4, 0.5) is 27.6 Å². The van der Waals surface area contributed by atoms with E-state index in [1.165, 1.54) is 13.8 Å². The van der Waals surface area contributed by atoms with Crippen LogP contribution < -0.4 is 4.72 Å². The van der Waals surface area contributed by atoms with Gasteiger partial charge in [0.15, 0.2) is 23.3 Å². The molecule has 33 heavy (non-hydrogen) atoms. The Morgan fingerprint density at radius 2 is 1.27 bits per heavy atom. The van der Waals surface area contributed by atoms with Gasteiger partial charge >= 0.3 is 0 Å². The van der Waals surface area contributed by atoms with Crippen LogP contribution in [0.3, 0.4) is 0 Å². The van der Waals surface area contributed by atoms with Crippen LogP contribution in [0.5, 0.6) is 0 Å². The molecule has 0 fully saturated rings. The minimum Gasteiger partial charge on any atom is -0.276 e. The predicted molar refractivity (Wildman–Crippen MR) is 113 cm³/mol. The van der Waals surface area contributed by atoms with Crippen molar-refractivity contribution >= 4 is 15.7 Å². The fourth-order valence-corrected chi connectivity index (χ4v) is 5.50. The number of nitrogens with zero attached hydrogens (tertiary/aromatic N) is 2. The van der Waals surface area contributed by atoms with Gasteiger partial charge in [-0.2, -0.15) is 5.10 Å². The molecule has 0 atom stereocenters. The Kier molecular flexibility index (Phi) is 6.31. The number of sulfonamides is 1. The van der Waals surface area contributed by atoms with Crippen LogP contribution in [0.15, 0.2) is 11.0 Å². The number of nitrogens with one attached hydrogen (secondary N) is 1. The lowest BCUT2D eigenvalue weighted by molar-refractivity contribution is 0.366. The van der Waals surface area contributed by atoms with Crippen LogP contribution in [0, 0.1) is 70.6 Å². The minimum absolute atomic E-state index is 0.0526. The highest BCUT2D eigenvalue weighted by Crippen LogP contribution is 2.31. The molecule has 1 aromatic heterocycles. The topological polar surface area (TPSA) is 64.0 Å². The molecule has 2 aromatic carbocycles. The number of rotatable bonds is 5. The summed E-state index contributed by atoms with van der Waals surface area (Å²) in [5.41, 5.74) is 1.98. The monoisotopic (exact) mass is 487 g/mol. The van der Waals surface area contributed by atoms with Crippen molar-refractivity contribution < 1.29 is 30.4 Å². The van der Waals surface area contributed by atoms with Crippen LogP contribution in [0.2, 0.25) is 0 Å². The van der Waals surface area contributed by atoms with Crippen molar-refractivity contribution in [3.05, 3.63) is 74.4 Å². The van der Waals surface area contributed by atoms with Gasteiger partial charge in [0.05, 0.1) is 34.1 Å². The van der Waals surface area contributed by atoms with E-state index in [2.05, 4.69) is 9.82 Å². The first-order valence-electron chi connectivity index (χ1n) is 9.83. The molecular formula is C22H22F5N3O2S. The lowest BCUT2D eigenvalue weighted by Gasteiger charge is -2.17. The summed E-state index contributed by atoms with van der Waals surface area (Å²) in [6.45, 7) is 9.04. The molecule has 3 aromatic rings. The van der Waals surface area contributed by atoms with Gasteiger partial charge in [0, 0.05) is 0 Å². The highest BCUT2D eigenvalue weighted by molar-refractivity contribution is 7.92. The van der Waals surface area contributed by atoms with E-state index in [9.17, 15) is 30.4 Å². The molecule has 0 aliphatic heterocycles. The van der Waals surface area contributed by atoms with Crippen LogP contribution in [0.1, 0.15) is 39.2 Å². The number of aromatic nitrogens is 2. The number of hydrogen-bond acceptors (Lipinski definition) is 3. The van der Waals surface area contributed by atoms with E-state index in [4.69, 9.17) is 0 Å². The van der Waals surface area contributed by atoms with E-state index in [1.54, 1.807) is 27.7 Å². The van der Waals surface area contributed by atoms with Gasteiger partial charge in [-0.25, -0.2) is 30.4 Å². The zero-order chi connectivity index (χ0) is 25.0. The highest BCUT2D eigenvalue weighted by Gasteiger charge is 2.28. The average Bonchev–Trinajstić information content (AvgIpc) is 2.99. The summed E-state index contributed by atoms with van der Waals surface area (Å²) in [6.07, 6.45) is 0. The molecule has 0 aliphatic carbocycles. The van der Waals surface area contributed by atoms with Gasteiger partial charge in [-0.05, 0) is 63.8 Å². The molecular weight excluding hydrogens is 465 g/mol. The molecule has 0 saturated heterocycles. The predicted octanol–water partition coefficient (Wildman–Crippen LogP) is 5.28. The molecule has 1 N–H and O–H groups in total. The van der Waals surface area contributed by atoms with Crippen LogP contribution in [0.25, 0.3) is 0 Å². The maximum absolute atomic E-state index is 14.1. The van der Waals surface area contributed by atoms with Gasteiger partial charge in [0.2, 0.25) is 5.82 Å². The van der Waals surface area contributed by atoms with Crippen molar-refractivity contribution in [2.24, 2.45) is 0 Å². The van der Waals surface area contributed by atoms with Crippen LogP contribution in [-0.4, -0.2) is 18.2 Å². The molecule has 11 heteroatoms. The fraction of sp³-hybridized carbons (Fsp3) is 0.318. The first-order chi connectivity index (χ1) is 15.2. The molecule has 0 bridgehead atoms. The third-order valence-corrected chi connectivity index (χ3v) is 7.42. The molecule has 3 rings (SSSR count). The SMILES string of the molecule is Cc1cc(C)c(C)c(S(=O)(=O)Nc2c(C)nn(Cc3c(F)c(F)c(F)c(F)c3F)c2C)c1C. The second-order valence-electron chi connectivity index (χ2n) is 7.95. The Bertz CT molecular complexity index is 1340. The van der Waals surface area contributed by atoms with Crippen molar-refractivity contribution in [3.63, 3.8) is 0 Å². The number of aryl methyl sites for hydroxylation is 3. The van der Waals surface area contributed by atoms with Crippen molar-refractivity contribution in [1.82, 2.24) is 9.78 Å². The molecule has 0 spiro atoms. The Hall–Kier alpha value is -2.95. The zero-order valence-corrected chi connectivity index (χ0v) is 19.6. The molecule has 1 heterocycles. The van der Waals surface area contributed by atoms with Gasteiger partial charge in [-0.3, -0.25) is 9.40 Å². The third kappa shape index (κ3) is 4.09. The van der Waals surface area contributed by atoms with E-state index in [0.717, 1.165) is 15.8 Å². The summed E-state index contributed by atoms with van der Waals surface area (Å²) in [5, 5.41) is 4.04. The minimum atomic E-state index is -4.08. The third-order valence-electron chi connectivity index (χ3n) is 5.79. The van der Waals surface area contributed by atoms with Gasteiger partial charge in [-0.1, -0.05) is 6.07 Å². The smallest absolute Gasteiger partial charge is 0.262 e. The first-order valence-corrected chi connectivity index (χ1v) is 11.3. The largest absolute Gasteiger partial charge is 0.276 e. The van der Waals surface area contributed by atoms with E-state index < -0.39 is 51.2 Å². The lowest BCUT2D eigenvalue weighted by Crippen LogP contribution is -2.18. The average molecular weight is 487 g/mol. The fourth-order valence-electron chi connectivity index (χ4n) is 3.71. The molecule has 0 radical (unpaired) electrons. The van der Waals surface area contributed by atoms with Crippen molar-refractivity contribution in [3.8, 4) is 0 Å². The normalized spacial score (nSPS) is 11.8. The summed E-state index contributed by atoms with van der Waals surface area (Å²) < 4.78 is 98.6. The Morgan fingerprint density at radius 3 is 1.76 bits per heavy atom. The molecule has 0 aliphatic rings. The van der Waals surface area contributed by atoms with Gasteiger partial charge in [0.1, 0.15) is 0 Å². The summed E-state index contributed by atoms with van der Waals surface area (Å²) in [6, 6.07) is 1.88. The number of anilines is 1. The quantitative estimate of drug-likeness (QED) is 0.303. The maximum Gasteiger partial charge on any atom is 0.262 e. The number of benzene rings is 2. The van der Waals surface area contributed by atoms with E-state index in [1.807, 2.05) is 6.07 Å². The van der Waals surface area contributed by atoms with E-state index >= 15 is 0 Å². The van der Waals surface area contributed by atoms with Crippen LogP contribution >= 0.6 is 0 Å². The van der Waals surface area contributed by atoms with Crippen LogP contribution in [-0.2, 0) is 16.6 Å². The molecule has 178 valence electrons. The second kappa shape index (κ2) is 8.44. The Balaban J connectivity index is 2.07. The molecule has 5 nitrogen and oxygen atoms in total. The van der Waals surface area contributed by atoms with E-state index in [0.29, 0.717) is 11.1 Å². The van der Waals surface area contributed by atoms with Gasteiger partial charge in [0.25, 0.3) is 10.0 Å². The van der Waals surface area contributed by atoms with Gasteiger partial charge < -0.3 is 0 Å². The van der Waals surface area contributed by atoms with Gasteiger partial charge in [-0.15, -0.1) is 0 Å². The summed E-state index contributed by atoms with van der Waals surface area (Å²) in [5.74, 6) is -10.3. The van der Waals surface area contributed by atoms with Crippen molar-refractivity contribution in [2.45, 2.75) is 53.0 Å². The second-order valence-corrected chi connectivity index (χ2v) is 9.57. The maximum atomic E-state index is 14.1. The number of halogens is 5. The Morgan fingerprint density at radius 1 is 0.818 bits per heavy atom. The summed E-state index contributed by atoms with van der Waals surface area (Å²) >= 11 is 0. The molecule has 0 unspecified atom stereocenters. The molecule has 0 amide bonds. The van der Waals surface area contributed by atoms with Crippen molar-refractivity contribution in [1.29, 1.82) is 0 Å². The Labute approximate surface area is 188 Å².